The average molecular weight is 278 g/mol. The van der Waals surface area contributed by atoms with Crippen molar-refractivity contribution in [3.05, 3.63) is 35.6 Å². The number of nitrogens with zero attached hydrogens (tertiary/aromatic N) is 1. The average Bonchev–Trinajstić information content (AvgIpc) is 2.90. The molecule has 2 amide bonds. The Morgan fingerprint density at radius 3 is 2.40 bits per heavy atom. The van der Waals surface area contributed by atoms with Gasteiger partial charge < -0.3 is 10.2 Å². The lowest BCUT2D eigenvalue weighted by Crippen LogP contribution is -2.50. The predicted octanol–water partition coefficient (Wildman–Crippen LogP) is 3.65. The molecule has 1 aromatic rings. The first-order valence-electron chi connectivity index (χ1n) is 7.45. The summed E-state index contributed by atoms with van der Waals surface area (Å²) in [7, 11) is 0. The zero-order valence-electron chi connectivity index (χ0n) is 12.3. The Hall–Kier alpha value is -1.58. The van der Waals surface area contributed by atoms with E-state index in [4.69, 9.17) is 0 Å². The molecule has 20 heavy (non-hydrogen) atoms. The molecule has 1 fully saturated rings. The number of hydrogen-bond donors (Lipinski definition) is 1. The number of rotatable bonds is 4. The summed E-state index contributed by atoms with van der Waals surface area (Å²) in [5.41, 5.74) is 0.0865. The van der Waals surface area contributed by atoms with E-state index in [1.54, 1.807) is 17.0 Å². The third kappa shape index (κ3) is 2.79. The van der Waals surface area contributed by atoms with Gasteiger partial charge in [-0.25, -0.2) is 9.18 Å². The molecular formula is C16H23FN2O. The molecule has 0 aliphatic heterocycles. The highest BCUT2D eigenvalue weighted by molar-refractivity contribution is 5.75. The molecular weight excluding hydrogens is 255 g/mol. The molecule has 4 heteroatoms. The van der Waals surface area contributed by atoms with Crippen molar-refractivity contribution in [1.82, 2.24) is 10.2 Å². The lowest BCUT2D eigenvalue weighted by atomic mass is 9.88. The number of nitrogens with one attached hydrogen (secondary N) is 1. The van der Waals surface area contributed by atoms with Crippen molar-refractivity contribution in [1.29, 1.82) is 0 Å². The summed E-state index contributed by atoms with van der Waals surface area (Å²) in [4.78, 5) is 14.1. The Labute approximate surface area is 120 Å². The summed E-state index contributed by atoms with van der Waals surface area (Å²) in [5.74, 6) is -0.228. The quantitative estimate of drug-likeness (QED) is 0.896. The molecule has 0 bridgehead atoms. The number of amides is 2. The van der Waals surface area contributed by atoms with Crippen LogP contribution in [0.5, 0.6) is 0 Å². The van der Waals surface area contributed by atoms with Crippen LogP contribution in [0.4, 0.5) is 9.18 Å². The van der Waals surface area contributed by atoms with Crippen molar-refractivity contribution in [2.75, 3.05) is 13.1 Å². The van der Waals surface area contributed by atoms with Crippen LogP contribution in [-0.2, 0) is 5.54 Å². The second-order valence-electron chi connectivity index (χ2n) is 5.37. The van der Waals surface area contributed by atoms with Crippen LogP contribution in [0.25, 0.3) is 0 Å². The molecule has 1 N–H and O–H groups in total. The Morgan fingerprint density at radius 2 is 1.85 bits per heavy atom. The van der Waals surface area contributed by atoms with Gasteiger partial charge in [0.2, 0.25) is 0 Å². The summed E-state index contributed by atoms with van der Waals surface area (Å²) in [6.45, 7) is 5.23. The number of urea groups is 1. The summed E-state index contributed by atoms with van der Waals surface area (Å²) >= 11 is 0. The van der Waals surface area contributed by atoms with E-state index >= 15 is 0 Å². The third-order valence-corrected chi connectivity index (χ3v) is 4.24. The number of carbonyl (C=O) groups is 1. The first kappa shape index (κ1) is 14.8. The van der Waals surface area contributed by atoms with Gasteiger partial charge in [-0.1, -0.05) is 31.0 Å². The topological polar surface area (TPSA) is 32.3 Å². The van der Waals surface area contributed by atoms with Gasteiger partial charge in [-0.3, -0.25) is 0 Å². The summed E-state index contributed by atoms with van der Waals surface area (Å²) in [6.07, 6.45) is 3.65. The second kappa shape index (κ2) is 6.25. The van der Waals surface area contributed by atoms with Crippen molar-refractivity contribution in [3.8, 4) is 0 Å². The van der Waals surface area contributed by atoms with Crippen LogP contribution in [0.2, 0.25) is 0 Å². The molecule has 1 aliphatic carbocycles. The highest BCUT2D eigenvalue weighted by Gasteiger charge is 2.39. The predicted molar refractivity (Wildman–Crippen MR) is 78.0 cm³/mol. The minimum Gasteiger partial charge on any atom is -0.328 e. The molecule has 0 unspecified atom stereocenters. The van der Waals surface area contributed by atoms with Crippen LogP contribution in [0.1, 0.15) is 45.1 Å². The fraction of sp³-hybridized carbons (Fsp3) is 0.562. The van der Waals surface area contributed by atoms with Gasteiger partial charge >= 0.3 is 6.03 Å². The summed E-state index contributed by atoms with van der Waals surface area (Å²) in [5, 5.41) is 3.10. The molecule has 0 spiro atoms. The van der Waals surface area contributed by atoms with E-state index in [0.717, 1.165) is 25.7 Å². The van der Waals surface area contributed by atoms with E-state index in [9.17, 15) is 9.18 Å². The van der Waals surface area contributed by atoms with Crippen molar-refractivity contribution < 1.29 is 9.18 Å². The number of halogens is 1. The first-order valence-corrected chi connectivity index (χ1v) is 7.45. The zero-order chi connectivity index (χ0) is 14.6. The fourth-order valence-electron chi connectivity index (χ4n) is 3.08. The molecule has 1 aromatic carbocycles. The van der Waals surface area contributed by atoms with E-state index in [1.807, 2.05) is 19.9 Å². The van der Waals surface area contributed by atoms with Crippen LogP contribution in [0, 0.1) is 5.82 Å². The third-order valence-electron chi connectivity index (χ3n) is 4.24. The molecule has 1 aliphatic rings. The van der Waals surface area contributed by atoms with Crippen molar-refractivity contribution in [3.63, 3.8) is 0 Å². The monoisotopic (exact) mass is 278 g/mol. The lowest BCUT2D eigenvalue weighted by Gasteiger charge is -2.34. The van der Waals surface area contributed by atoms with Gasteiger partial charge in [0.15, 0.2) is 0 Å². The molecule has 0 heterocycles. The normalized spacial score (nSPS) is 16.9. The fourth-order valence-corrected chi connectivity index (χ4v) is 3.08. The van der Waals surface area contributed by atoms with E-state index in [2.05, 4.69) is 5.32 Å². The Morgan fingerprint density at radius 1 is 1.25 bits per heavy atom. The maximum Gasteiger partial charge on any atom is 0.318 e. The number of hydrogen-bond acceptors (Lipinski definition) is 1. The molecule has 1 saturated carbocycles. The molecule has 0 aromatic heterocycles. The van der Waals surface area contributed by atoms with E-state index in [1.165, 1.54) is 6.07 Å². The summed E-state index contributed by atoms with van der Waals surface area (Å²) in [6, 6.07) is 6.69. The number of benzene rings is 1. The highest BCUT2D eigenvalue weighted by atomic mass is 19.1. The molecule has 3 nitrogen and oxygen atoms in total. The van der Waals surface area contributed by atoms with Crippen molar-refractivity contribution >= 4 is 6.03 Å². The molecule has 0 saturated heterocycles. The van der Waals surface area contributed by atoms with Crippen LogP contribution >= 0.6 is 0 Å². The molecule has 0 radical (unpaired) electrons. The van der Waals surface area contributed by atoms with Crippen LogP contribution in [0.3, 0.4) is 0 Å². The number of carbonyl (C=O) groups excluding carboxylic acids is 1. The van der Waals surface area contributed by atoms with Crippen LogP contribution in [0.15, 0.2) is 24.3 Å². The highest BCUT2D eigenvalue weighted by Crippen LogP contribution is 2.39. The van der Waals surface area contributed by atoms with Gasteiger partial charge in [-0.05, 0) is 32.8 Å². The van der Waals surface area contributed by atoms with E-state index in [-0.39, 0.29) is 11.8 Å². The van der Waals surface area contributed by atoms with Gasteiger partial charge in [0.05, 0.1) is 5.54 Å². The van der Waals surface area contributed by atoms with Gasteiger partial charge in [-0.15, -0.1) is 0 Å². The van der Waals surface area contributed by atoms with Crippen LogP contribution < -0.4 is 5.32 Å². The summed E-state index contributed by atoms with van der Waals surface area (Å²) < 4.78 is 14.1. The van der Waals surface area contributed by atoms with E-state index < -0.39 is 5.54 Å². The Balaban J connectivity index is 2.27. The lowest BCUT2D eigenvalue weighted by molar-refractivity contribution is 0.186. The minimum atomic E-state index is -0.537. The van der Waals surface area contributed by atoms with E-state index in [0.29, 0.717) is 18.7 Å². The largest absolute Gasteiger partial charge is 0.328 e. The van der Waals surface area contributed by atoms with Gasteiger partial charge in [0, 0.05) is 18.7 Å². The van der Waals surface area contributed by atoms with Gasteiger partial charge in [0.1, 0.15) is 5.82 Å². The minimum absolute atomic E-state index is 0.0971. The molecule has 110 valence electrons. The van der Waals surface area contributed by atoms with Crippen LogP contribution in [-0.4, -0.2) is 24.0 Å². The van der Waals surface area contributed by atoms with Gasteiger partial charge in [-0.2, -0.15) is 0 Å². The maximum absolute atomic E-state index is 14.1. The van der Waals surface area contributed by atoms with Gasteiger partial charge in [0.25, 0.3) is 0 Å². The first-order chi connectivity index (χ1) is 9.63. The Bertz CT molecular complexity index is 465. The van der Waals surface area contributed by atoms with Crippen molar-refractivity contribution in [2.24, 2.45) is 0 Å². The Kier molecular flexibility index (Phi) is 4.63. The zero-order valence-corrected chi connectivity index (χ0v) is 12.3. The maximum atomic E-state index is 14.1. The van der Waals surface area contributed by atoms with Crippen molar-refractivity contribution in [2.45, 2.75) is 45.1 Å². The molecule has 2 rings (SSSR count). The standard InChI is InChI=1S/C16H23FN2O/c1-3-19(4-2)15(20)18-16(11-7-8-12-16)13-9-5-6-10-14(13)17/h5-6,9-10H,3-4,7-8,11-12H2,1-2H3,(H,18,20). The SMILES string of the molecule is CCN(CC)C(=O)NC1(c2ccccc2F)CCCC1. The second-order valence-corrected chi connectivity index (χ2v) is 5.37. The molecule has 0 atom stereocenters. The smallest absolute Gasteiger partial charge is 0.318 e.